The molecule has 0 atom stereocenters. The van der Waals surface area contributed by atoms with Crippen LogP contribution in [0.4, 0.5) is 10.5 Å². The molecule has 7 heteroatoms. The number of carbonyl (C=O) groups is 1. The number of carbonyl (C=O) groups excluding carboxylic acids is 1. The first-order valence-electron chi connectivity index (χ1n) is 9.88. The number of hydrogen-bond acceptors (Lipinski definition) is 4. The molecule has 0 aliphatic carbocycles. The topological polar surface area (TPSA) is 54.0 Å². The van der Waals surface area contributed by atoms with Gasteiger partial charge in [0, 0.05) is 42.9 Å². The third-order valence-electron chi connectivity index (χ3n) is 4.90. The highest BCUT2D eigenvalue weighted by atomic mass is 79.9. The van der Waals surface area contributed by atoms with Gasteiger partial charge in [-0.15, -0.1) is 0 Å². The van der Waals surface area contributed by atoms with Crippen LogP contribution in [-0.4, -0.2) is 62.3 Å². The molecule has 3 rings (SSSR count). The van der Waals surface area contributed by atoms with Crippen molar-refractivity contribution in [3.63, 3.8) is 0 Å². The zero-order valence-corrected chi connectivity index (χ0v) is 18.4. The van der Waals surface area contributed by atoms with Crippen molar-refractivity contribution in [2.45, 2.75) is 13.0 Å². The fourth-order valence-corrected chi connectivity index (χ4v) is 3.55. The van der Waals surface area contributed by atoms with Crippen molar-refractivity contribution in [2.75, 3.05) is 51.8 Å². The van der Waals surface area contributed by atoms with Crippen molar-refractivity contribution >= 4 is 27.6 Å². The minimum atomic E-state index is -0.0999. The lowest BCUT2D eigenvalue weighted by atomic mass is 10.2. The summed E-state index contributed by atoms with van der Waals surface area (Å²) in [6.45, 7) is 5.67. The smallest absolute Gasteiger partial charge is 0.322 e. The summed E-state index contributed by atoms with van der Waals surface area (Å²) >= 11 is 3.42. The molecule has 1 saturated heterocycles. The Hall–Kier alpha value is -2.09. The van der Waals surface area contributed by atoms with Gasteiger partial charge in [-0.25, -0.2) is 4.79 Å². The quantitative estimate of drug-likeness (QED) is 0.639. The van der Waals surface area contributed by atoms with Gasteiger partial charge in [-0.1, -0.05) is 28.1 Å². The molecule has 2 amide bonds. The van der Waals surface area contributed by atoms with Gasteiger partial charge in [-0.05, 0) is 48.4 Å². The standard InChI is InChI=1S/C22H28BrN3O3/c1-28-21-5-2-4-18(16-21)17-26(11-3-10-25-12-14-29-15-13-25)22(27)24-20-8-6-19(23)7-9-20/h2,4-9,16H,3,10-15,17H2,1H3,(H,24,27). The maximum atomic E-state index is 13.0. The zero-order chi connectivity index (χ0) is 20.5. The highest BCUT2D eigenvalue weighted by Gasteiger charge is 2.16. The zero-order valence-electron chi connectivity index (χ0n) is 16.8. The average Bonchev–Trinajstić information content (AvgIpc) is 2.75. The minimum absolute atomic E-state index is 0.0999. The highest BCUT2D eigenvalue weighted by molar-refractivity contribution is 9.10. The number of nitrogens with zero attached hydrogens (tertiary/aromatic N) is 2. The van der Waals surface area contributed by atoms with Gasteiger partial charge in [0.1, 0.15) is 5.75 Å². The van der Waals surface area contributed by atoms with Gasteiger partial charge >= 0.3 is 6.03 Å². The summed E-state index contributed by atoms with van der Waals surface area (Å²) in [6.07, 6.45) is 0.914. The van der Waals surface area contributed by atoms with Crippen molar-refractivity contribution < 1.29 is 14.3 Å². The normalized spacial score (nSPS) is 14.4. The number of benzene rings is 2. The van der Waals surface area contributed by atoms with Crippen LogP contribution in [0.2, 0.25) is 0 Å². The van der Waals surface area contributed by atoms with E-state index >= 15 is 0 Å². The number of amides is 2. The van der Waals surface area contributed by atoms with E-state index in [1.807, 2.05) is 53.4 Å². The number of ether oxygens (including phenoxy) is 2. The number of nitrogens with one attached hydrogen (secondary N) is 1. The van der Waals surface area contributed by atoms with E-state index in [0.29, 0.717) is 13.1 Å². The number of rotatable bonds is 8. The molecule has 1 N–H and O–H groups in total. The van der Waals surface area contributed by atoms with E-state index in [0.717, 1.165) is 60.7 Å². The molecule has 0 radical (unpaired) electrons. The molecule has 6 nitrogen and oxygen atoms in total. The van der Waals surface area contributed by atoms with E-state index in [4.69, 9.17) is 9.47 Å². The molecule has 0 unspecified atom stereocenters. The molecular weight excluding hydrogens is 434 g/mol. The lowest BCUT2D eigenvalue weighted by Gasteiger charge is -2.28. The number of morpholine rings is 1. The Morgan fingerprint density at radius 2 is 1.97 bits per heavy atom. The van der Waals surface area contributed by atoms with Crippen LogP contribution in [0, 0.1) is 0 Å². The second kappa shape index (κ2) is 11.2. The van der Waals surface area contributed by atoms with Crippen molar-refractivity contribution in [1.82, 2.24) is 9.80 Å². The van der Waals surface area contributed by atoms with Crippen LogP contribution >= 0.6 is 15.9 Å². The Balaban J connectivity index is 1.63. The third kappa shape index (κ3) is 7.03. The molecule has 0 spiro atoms. The molecule has 2 aromatic carbocycles. The van der Waals surface area contributed by atoms with E-state index in [9.17, 15) is 4.79 Å². The highest BCUT2D eigenvalue weighted by Crippen LogP contribution is 2.17. The monoisotopic (exact) mass is 461 g/mol. The summed E-state index contributed by atoms with van der Waals surface area (Å²) in [5, 5.41) is 3.01. The van der Waals surface area contributed by atoms with Crippen LogP contribution < -0.4 is 10.1 Å². The van der Waals surface area contributed by atoms with Gasteiger partial charge in [0.15, 0.2) is 0 Å². The largest absolute Gasteiger partial charge is 0.497 e. The van der Waals surface area contributed by atoms with Crippen LogP contribution in [0.25, 0.3) is 0 Å². The predicted molar refractivity (Wildman–Crippen MR) is 118 cm³/mol. The summed E-state index contributed by atoms with van der Waals surface area (Å²) in [4.78, 5) is 17.2. The lowest BCUT2D eigenvalue weighted by molar-refractivity contribution is 0.0365. The van der Waals surface area contributed by atoms with E-state index in [2.05, 4.69) is 26.1 Å². The minimum Gasteiger partial charge on any atom is -0.497 e. The van der Waals surface area contributed by atoms with Gasteiger partial charge in [0.25, 0.3) is 0 Å². The molecule has 29 heavy (non-hydrogen) atoms. The van der Waals surface area contributed by atoms with Crippen molar-refractivity contribution in [2.24, 2.45) is 0 Å². The summed E-state index contributed by atoms with van der Waals surface area (Å²) in [7, 11) is 1.65. The summed E-state index contributed by atoms with van der Waals surface area (Å²) in [5.41, 5.74) is 1.82. The molecule has 1 fully saturated rings. The second-order valence-electron chi connectivity index (χ2n) is 7.02. The summed E-state index contributed by atoms with van der Waals surface area (Å²) in [6, 6.07) is 15.4. The Labute approximate surface area is 180 Å². The first kappa shape index (κ1) is 21.6. The van der Waals surface area contributed by atoms with Crippen molar-refractivity contribution in [1.29, 1.82) is 0 Å². The first-order valence-corrected chi connectivity index (χ1v) is 10.7. The number of anilines is 1. The Morgan fingerprint density at radius 1 is 1.21 bits per heavy atom. The molecule has 156 valence electrons. The number of methoxy groups -OCH3 is 1. The molecule has 1 aliphatic rings. The van der Waals surface area contributed by atoms with E-state index in [-0.39, 0.29) is 6.03 Å². The molecule has 0 bridgehead atoms. The average molecular weight is 462 g/mol. The molecule has 2 aromatic rings. The van der Waals surface area contributed by atoms with Crippen LogP contribution in [0.15, 0.2) is 53.0 Å². The first-order chi connectivity index (χ1) is 14.1. The second-order valence-corrected chi connectivity index (χ2v) is 7.93. The Morgan fingerprint density at radius 3 is 2.69 bits per heavy atom. The third-order valence-corrected chi connectivity index (χ3v) is 5.43. The Bertz CT molecular complexity index is 779. The van der Waals surface area contributed by atoms with Crippen LogP contribution in [0.3, 0.4) is 0 Å². The SMILES string of the molecule is COc1cccc(CN(CCCN2CCOCC2)C(=O)Nc2ccc(Br)cc2)c1. The fourth-order valence-electron chi connectivity index (χ4n) is 3.29. The van der Waals surface area contributed by atoms with Gasteiger partial charge in [0.2, 0.25) is 0 Å². The Kier molecular flexibility index (Phi) is 8.34. The maximum Gasteiger partial charge on any atom is 0.322 e. The summed E-state index contributed by atoms with van der Waals surface area (Å²) in [5.74, 6) is 0.795. The number of hydrogen-bond donors (Lipinski definition) is 1. The van der Waals surface area contributed by atoms with Gasteiger partial charge in [0.05, 0.1) is 20.3 Å². The predicted octanol–water partition coefficient (Wildman–Crippen LogP) is 4.21. The van der Waals surface area contributed by atoms with Crippen LogP contribution in [0.5, 0.6) is 5.75 Å². The van der Waals surface area contributed by atoms with Crippen LogP contribution in [-0.2, 0) is 11.3 Å². The van der Waals surface area contributed by atoms with Gasteiger partial charge < -0.3 is 19.7 Å². The lowest BCUT2D eigenvalue weighted by Crippen LogP contribution is -2.40. The van der Waals surface area contributed by atoms with Crippen molar-refractivity contribution in [3.05, 3.63) is 58.6 Å². The van der Waals surface area contributed by atoms with E-state index < -0.39 is 0 Å². The molecule has 0 aromatic heterocycles. The van der Waals surface area contributed by atoms with E-state index in [1.54, 1.807) is 7.11 Å². The fraction of sp³-hybridized carbons (Fsp3) is 0.409. The molecule has 1 heterocycles. The molecule has 0 saturated carbocycles. The maximum absolute atomic E-state index is 13.0. The number of urea groups is 1. The molecule has 1 aliphatic heterocycles. The number of halogens is 1. The summed E-state index contributed by atoms with van der Waals surface area (Å²) < 4.78 is 11.7. The van der Waals surface area contributed by atoms with Gasteiger partial charge in [-0.3, -0.25) is 4.90 Å². The van der Waals surface area contributed by atoms with Crippen molar-refractivity contribution in [3.8, 4) is 5.75 Å². The van der Waals surface area contributed by atoms with E-state index in [1.165, 1.54) is 0 Å². The van der Waals surface area contributed by atoms with Crippen LogP contribution in [0.1, 0.15) is 12.0 Å². The van der Waals surface area contributed by atoms with Gasteiger partial charge in [-0.2, -0.15) is 0 Å². The molecular formula is C22H28BrN3O3.